The number of aromatic nitrogens is 1. The van der Waals surface area contributed by atoms with Gasteiger partial charge in [0.15, 0.2) is 11.1 Å². The molecule has 2 N–H and O–H groups in total. The lowest BCUT2D eigenvalue weighted by Crippen LogP contribution is -2.41. The fourth-order valence-corrected chi connectivity index (χ4v) is 2.85. The highest BCUT2D eigenvalue weighted by Crippen LogP contribution is 2.18. The smallest absolute Gasteiger partial charge is 0.191 e. The Morgan fingerprint density at radius 3 is 2.59 bits per heavy atom. The molecule has 150 valence electrons. The molecule has 6 nitrogen and oxygen atoms in total. The van der Waals surface area contributed by atoms with Gasteiger partial charge in [-0.25, -0.2) is 14.4 Å². The van der Waals surface area contributed by atoms with Gasteiger partial charge in [-0.15, -0.1) is 35.3 Å². The van der Waals surface area contributed by atoms with E-state index in [1.165, 1.54) is 12.1 Å². The van der Waals surface area contributed by atoms with E-state index in [2.05, 4.69) is 20.6 Å². The van der Waals surface area contributed by atoms with Gasteiger partial charge in [0.2, 0.25) is 0 Å². The second-order valence-corrected chi connectivity index (χ2v) is 6.81. The highest BCUT2D eigenvalue weighted by molar-refractivity contribution is 14.0. The average molecular weight is 507 g/mol. The molecule has 0 radical (unpaired) electrons. The third kappa shape index (κ3) is 8.29. The van der Waals surface area contributed by atoms with E-state index in [1.54, 1.807) is 23.5 Å². The van der Waals surface area contributed by atoms with Gasteiger partial charge in [0.25, 0.3) is 0 Å². The summed E-state index contributed by atoms with van der Waals surface area (Å²) in [6, 6.07) is 6.01. The van der Waals surface area contributed by atoms with Crippen molar-refractivity contribution in [3.63, 3.8) is 0 Å². The molecule has 1 unspecified atom stereocenters. The molecule has 1 atom stereocenters. The van der Waals surface area contributed by atoms with Crippen LogP contribution in [0.25, 0.3) is 0 Å². The number of guanidine groups is 1. The minimum absolute atomic E-state index is 0. The van der Waals surface area contributed by atoms with Gasteiger partial charge in [-0.1, -0.05) is 0 Å². The second kappa shape index (κ2) is 12.0. The van der Waals surface area contributed by atoms with Crippen LogP contribution >= 0.6 is 35.3 Å². The summed E-state index contributed by atoms with van der Waals surface area (Å²) in [6.45, 7) is 5.81. The Labute approximate surface area is 181 Å². The number of rotatable bonds is 8. The van der Waals surface area contributed by atoms with E-state index in [0.717, 1.165) is 17.4 Å². The van der Waals surface area contributed by atoms with Crippen molar-refractivity contribution in [1.29, 1.82) is 0 Å². The number of thiazole rings is 1. The Balaban J connectivity index is 0.00000364. The Kier molecular flexibility index (Phi) is 10.4. The third-order valence-corrected chi connectivity index (χ3v) is 4.43. The quantitative estimate of drug-likeness (QED) is 0.326. The fourth-order valence-electron chi connectivity index (χ4n) is 2.10. The van der Waals surface area contributed by atoms with Crippen molar-refractivity contribution >= 4 is 46.4 Å². The number of nitrogens with zero attached hydrogens (tertiary/aromatic N) is 3. The summed E-state index contributed by atoms with van der Waals surface area (Å²) in [6.07, 6.45) is -0.0936. The van der Waals surface area contributed by atoms with Gasteiger partial charge in [0, 0.05) is 26.0 Å². The summed E-state index contributed by atoms with van der Waals surface area (Å²) >= 11 is 1.60. The molecule has 0 fully saturated rings. The number of ether oxygens (including phenoxy) is 1. The number of anilines is 1. The van der Waals surface area contributed by atoms with Crippen molar-refractivity contribution in [2.24, 2.45) is 4.99 Å². The number of halogens is 2. The Bertz CT molecular complexity index is 708. The van der Waals surface area contributed by atoms with Gasteiger partial charge in [-0.3, -0.25) is 0 Å². The van der Waals surface area contributed by atoms with Crippen LogP contribution in [0.3, 0.4) is 0 Å². The molecule has 0 spiro atoms. The van der Waals surface area contributed by atoms with Crippen molar-refractivity contribution < 1.29 is 9.13 Å². The van der Waals surface area contributed by atoms with Crippen LogP contribution in [-0.2, 0) is 6.54 Å². The summed E-state index contributed by atoms with van der Waals surface area (Å²) in [7, 11) is 3.94. The van der Waals surface area contributed by atoms with Crippen LogP contribution < -0.4 is 20.3 Å². The Hall–Kier alpha value is -1.62. The summed E-state index contributed by atoms with van der Waals surface area (Å²) < 4.78 is 18.7. The highest BCUT2D eigenvalue weighted by Gasteiger charge is 2.07. The number of aliphatic imine (C=N–C) groups is 1. The minimum atomic E-state index is -0.274. The zero-order chi connectivity index (χ0) is 18.9. The lowest BCUT2D eigenvalue weighted by Gasteiger charge is -2.17. The summed E-state index contributed by atoms with van der Waals surface area (Å²) in [5, 5.41) is 9.45. The molecule has 2 rings (SSSR count). The molecule has 0 aliphatic carbocycles. The molecule has 0 saturated heterocycles. The standard InChI is InChI=1S/C18H26FN5OS.HI/c1-5-20-17(22-11-15-12-26-18(23-15)24(3)4)21-10-13(2)25-16-8-6-14(19)7-9-16;/h6-9,12-13H,5,10-11H2,1-4H3,(H2,20,21,22);1H. The van der Waals surface area contributed by atoms with Gasteiger partial charge in [0.05, 0.1) is 18.8 Å². The van der Waals surface area contributed by atoms with Crippen LogP contribution in [0.15, 0.2) is 34.6 Å². The van der Waals surface area contributed by atoms with Gasteiger partial charge in [-0.05, 0) is 38.1 Å². The largest absolute Gasteiger partial charge is 0.489 e. The van der Waals surface area contributed by atoms with Crippen LogP contribution in [0.2, 0.25) is 0 Å². The van der Waals surface area contributed by atoms with Crippen LogP contribution in [0.1, 0.15) is 19.5 Å². The van der Waals surface area contributed by atoms with E-state index in [4.69, 9.17) is 4.74 Å². The second-order valence-electron chi connectivity index (χ2n) is 5.97. The minimum Gasteiger partial charge on any atom is -0.489 e. The lowest BCUT2D eigenvalue weighted by molar-refractivity contribution is 0.223. The number of hydrogen-bond donors (Lipinski definition) is 2. The van der Waals surface area contributed by atoms with Crippen molar-refractivity contribution in [1.82, 2.24) is 15.6 Å². The molecule has 2 aromatic rings. The molecule has 27 heavy (non-hydrogen) atoms. The zero-order valence-electron chi connectivity index (χ0n) is 16.0. The SMILES string of the molecule is CCNC(=NCc1csc(N(C)C)n1)NCC(C)Oc1ccc(F)cc1.I. The highest BCUT2D eigenvalue weighted by atomic mass is 127. The first kappa shape index (κ1) is 23.4. The van der Waals surface area contributed by atoms with E-state index < -0.39 is 0 Å². The predicted molar refractivity (Wildman–Crippen MR) is 121 cm³/mol. The third-order valence-electron chi connectivity index (χ3n) is 3.37. The fraction of sp³-hybridized carbons (Fsp3) is 0.444. The topological polar surface area (TPSA) is 61.8 Å². The molecule has 0 bridgehead atoms. The molecule has 1 aromatic carbocycles. The van der Waals surface area contributed by atoms with E-state index >= 15 is 0 Å². The Morgan fingerprint density at radius 2 is 2.00 bits per heavy atom. The van der Waals surface area contributed by atoms with E-state index in [-0.39, 0.29) is 35.9 Å². The predicted octanol–water partition coefficient (Wildman–Crippen LogP) is 3.49. The van der Waals surface area contributed by atoms with Crippen molar-refractivity contribution in [2.45, 2.75) is 26.5 Å². The van der Waals surface area contributed by atoms with Crippen molar-refractivity contribution in [2.75, 3.05) is 32.1 Å². The summed E-state index contributed by atoms with van der Waals surface area (Å²) in [5.74, 6) is 1.08. The number of nitrogens with one attached hydrogen (secondary N) is 2. The zero-order valence-corrected chi connectivity index (χ0v) is 19.2. The Morgan fingerprint density at radius 1 is 1.30 bits per heavy atom. The molecule has 0 aliphatic heterocycles. The molecule has 1 heterocycles. The van der Waals surface area contributed by atoms with Crippen LogP contribution in [0, 0.1) is 5.82 Å². The summed E-state index contributed by atoms with van der Waals surface area (Å²) in [4.78, 5) is 11.1. The van der Waals surface area contributed by atoms with Gasteiger partial charge in [0.1, 0.15) is 17.7 Å². The lowest BCUT2D eigenvalue weighted by atomic mass is 10.3. The monoisotopic (exact) mass is 507 g/mol. The maximum Gasteiger partial charge on any atom is 0.191 e. The van der Waals surface area contributed by atoms with E-state index in [0.29, 0.717) is 24.8 Å². The van der Waals surface area contributed by atoms with Crippen LogP contribution in [0.5, 0.6) is 5.75 Å². The number of benzene rings is 1. The van der Waals surface area contributed by atoms with E-state index in [9.17, 15) is 4.39 Å². The van der Waals surface area contributed by atoms with Gasteiger partial charge < -0.3 is 20.3 Å². The van der Waals surface area contributed by atoms with Crippen molar-refractivity contribution in [3.8, 4) is 5.75 Å². The van der Waals surface area contributed by atoms with E-state index in [1.807, 2.05) is 38.2 Å². The van der Waals surface area contributed by atoms with Crippen LogP contribution in [-0.4, -0.2) is 44.2 Å². The first-order chi connectivity index (χ1) is 12.5. The first-order valence-electron chi connectivity index (χ1n) is 8.54. The molecule has 9 heteroatoms. The summed E-state index contributed by atoms with van der Waals surface area (Å²) in [5.41, 5.74) is 0.937. The molecule has 1 aromatic heterocycles. The maximum absolute atomic E-state index is 12.9. The van der Waals surface area contributed by atoms with Crippen LogP contribution in [0.4, 0.5) is 9.52 Å². The van der Waals surface area contributed by atoms with Crippen molar-refractivity contribution in [3.05, 3.63) is 41.2 Å². The first-order valence-corrected chi connectivity index (χ1v) is 9.42. The molecule has 0 saturated carbocycles. The van der Waals surface area contributed by atoms with Gasteiger partial charge >= 0.3 is 0 Å². The average Bonchev–Trinajstić information content (AvgIpc) is 3.09. The maximum atomic E-state index is 12.9. The molecular weight excluding hydrogens is 480 g/mol. The normalized spacial score (nSPS) is 12.1. The van der Waals surface area contributed by atoms with Gasteiger partial charge in [-0.2, -0.15) is 0 Å². The molecule has 0 aliphatic rings. The molecule has 0 amide bonds. The molecular formula is C18H27FIN5OS. The number of hydrogen-bond acceptors (Lipinski definition) is 5.